The van der Waals surface area contributed by atoms with Crippen molar-refractivity contribution < 1.29 is 0 Å². The van der Waals surface area contributed by atoms with Crippen LogP contribution in [-0.2, 0) is 7.05 Å². The molecular formula is C17H11ClN6. The summed E-state index contributed by atoms with van der Waals surface area (Å²) in [6.07, 6.45) is 0. The van der Waals surface area contributed by atoms with Gasteiger partial charge in [-0.25, -0.2) is 0 Å². The molecule has 0 amide bonds. The molecule has 6 nitrogen and oxygen atoms in total. The quantitative estimate of drug-likeness (QED) is 0.563. The number of para-hydroxylation sites is 1. The monoisotopic (exact) mass is 334 g/mol. The molecule has 0 radical (unpaired) electrons. The van der Waals surface area contributed by atoms with Crippen LogP contribution >= 0.6 is 11.6 Å². The number of halogens is 1. The third-order valence-electron chi connectivity index (χ3n) is 3.79. The summed E-state index contributed by atoms with van der Waals surface area (Å²) in [5.74, 6) is 0.447. The lowest BCUT2D eigenvalue weighted by molar-refractivity contribution is 0.630. The van der Waals surface area contributed by atoms with Crippen LogP contribution in [0.3, 0.4) is 0 Å². The van der Waals surface area contributed by atoms with E-state index < -0.39 is 0 Å². The Balaban J connectivity index is 2.07. The summed E-state index contributed by atoms with van der Waals surface area (Å²) in [5, 5.41) is 22.8. The van der Waals surface area contributed by atoms with Crippen LogP contribution in [0.25, 0.3) is 28.1 Å². The van der Waals surface area contributed by atoms with Crippen molar-refractivity contribution in [3.8, 4) is 23.3 Å². The van der Waals surface area contributed by atoms with Gasteiger partial charge in [0.05, 0.1) is 29.2 Å². The average molecular weight is 335 g/mol. The third kappa shape index (κ3) is 2.14. The fraction of sp³-hybridized carbons (Fsp3) is 0.0588. The minimum absolute atomic E-state index is 0.447. The minimum Gasteiger partial charge on any atom is -0.305 e. The second-order valence-electron chi connectivity index (χ2n) is 5.28. The Kier molecular flexibility index (Phi) is 3.29. The fourth-order valence-corrected chi connectivity index (χ4v) is 3.06. The van der Waals surface area contributed by atoms with Crippen molar-refractivity contribution in [1.29, 1.82) is 5.26 Å². The van der Waals surface area contributed by atoms with Gasteiger partial charge >= 0.3 is 0 Å². The van der Waals surface area contributed by atoms with Gasteiger partial charge in [0.2, 0.25) is 5.82 Å². The van der Waals surface area contributed by atoms with Crippen LogP contribution < -0.4 is 0 Å². The van der Waals surface area contributed by atoms with E-state index in [1.807, 2.05) is 41.0 Å². The average Bonchev–Trinajstić information content (AvgIpc) is 3.17. The molecule has 0 N–H and O–H groups in total. The maximum atomic E-state index is 9.00. The largest absolute Gasteiger partial charge is 0.305 e. The van der Waals surface area contributed by atoms with Crippen LogP contribution in [0.15, 0.2) is 48.5 Å². The highest BCUT2D eigenvalue weighted by Crippen LogP contribution is 2.38. The van der Waals surface area contributed by atoms with Crippen LogP contribution in [-0.4, -0.2) is 24.8 Å². The molecule has 116 valence electrons. The van der Waals surface area contributed by atoms with Gasteiger partial charge in [0, 0.05) is 11.1 Å². The van der Waals surface area contributed by atoms with Crippen LogP contribution in [0, 0.1) is 11.3 Å². The van der Waals surface area contributed by atoms with Crippen molar-refractivity contribution in [3.05, 3.63) is 59.1 Å². The van der Waals surface area contributed by atoms with E-state index in [9.17, 15) is 0 Å². The molecule has 2 heterocycles. The molecule has 0 saturated heterocycles. The molecule has 24 heavy (non-hydrogen) atoms. The van der Waals surface area contributed by atoms with Crippen molar-refractivity contribution >= 4 is 22.5 Å². The van der Waals surface area contributed by atoms with Crippen molar-refractivity contribution in [3.63, 3.8) is 0 Å². The zero-order chi connectivity index (χ0) is 16.7. The van der Waals surface area contributed by atoms with Gasteiger partial charge in [0.15, 0.2) is 0 Å². The topological polar surface area (TPSA) is 72.3 Å². The number of aryl methyl sites for hydroxylation is 1. The highest BCUT2D eigenvalue weighted by atomic mass is 35.5. The predicted molar refractivity (Wildman–Crippen MR) is 90.8 cm³/mol. The molecule has 4 rings (SSSR count). The predicted octanol–water partition coefficient (Wildman–Crippen LogP) is 3.35. The first-order valence-corrected chi connectivity index (χ1v) is 7.60. The molecule has 0 atom stereocenters. The number of rotatable bonds is 2. The van der Waals surface area contributed by atoms with E-state index >= 15 is 0 Å². The number of tetrazole rings is 1. The highest BCUT2D eigenvalue weighted by Gasteiger charge is 2.21. The molecule has 7 heteroatoms. The maximum Gasteiger partial charge on any atom is 0.223 e. The molecular weight excluding hydrogens is 324 g/mol. The fourth-order valence-electron chi connectivity index (χ4n) is 2.73. The Bertz CT molecular complexity index is 1080. The van der Waals surface area contributed by atoms with Crippen molar-refractivity contribution in [2.45, 2.75) is 0 Å². The van der Waals surface area contributed by atoms with E-state index in [0.717, 1.165) is 16.6 Å². The van der Waals surface area contributed by atoms with E-state index in [-0.39, 0.29) is 0 Å². The second-order valence-corrected chi connectivity index (χ2v) is 5.65. The SMILES string of the molecule is Cn1nnc(-c2c(Cl)c3ccccc3n2-c2ccc(C#N)cc2)n1. The van der Waals surface area contributed by atoms with Crippen molar-refractivity contribution in [2.24, 2.45) is 7.05 Å². The minimum atomic E-state index is 0.447. The van der Waals surface area contributed by atoms with Gasteiger partial charge in [-0.1, -0.05) is 29.8 Å². The maximum absolute atomic E-state index is 9.00. The first-order chi connectivity index (χ1) is 11.7. The number of hydrogen-bond acceptors (Lipinski definition) is 4. The first kappa shape index (κ1) is 14.4. The standard InChI is InChI=1S/C17H11ClN6/c1-23-21-17(20-22-23)16-15(18)13-4-2-3-5-14(13)24(16)12-8-6-11(10-19)7-9-12/h2-9H,1H3. The van der Waals surface area contributed by atoms with Crippen LogP contribution in [0.4, 0.5) is 0 Å². The number of hydrogen-bond donors (Lipinski definition) is 0. The van der Waals surface area contributed by atoms with Crippen LogP contribution in [0.2, 0.25) is 5.02 Å². The number of nitrogens with zero attached hydrogens (tertiary/aromatic N) is 6. The Labute approximate surface area is 142 Å². The molecule has 0 spiro atoms. The Hall–Kier alpha value is -3.17. The lowest BCUT2D eigenvalue weighted by atomic mass is 10.2. The normalized spacial score (nSPS) is 10.9. The molecule has 0 bridgehead atoms. The van der Waals surface area contributed by atoms with Crippen molar-refractivity contribution in [1.82, 2.24) is 24.8 Å². The van der Waals surface area contributed by atoms with Crippen LogP contribution in [0.5, 0.6) is 0 Å². The summed E-state index contributed by atoms with van der Waals surface area (Å²) >= 11 is 6.62. The lowest BCUT2D eigenvalue weighted by Gasteiger charge is -2.09. The Morgan fingerprint density at radius 1 is 1.08 bits per heavy atom. The van der Waals surface area contributed by atoms with E-state index in [1.54, 1.807) is 19.2 Å². The summed E-state index contributed by atoms with van der Waals surface area (Å²) in [4.78, 5) is 1.40. The van der Waals surface area contributed by atoms with Crippen molar-refractivity contribution in [2.75, 3.05) is 0 Å². The third-order valence-corrected chi connectivity index (χ3v) is 4.17. The molecule has 0 unspecified atom stereocenters. The smallest absolute Gasteiger partial charge is 0.223 e. The molecule has 0 saturated carbocycles. The van der Waals surface area contributed by atoms with Gasteiger partial charge in [0.1, 0.15) is 5.69 Å². The summed E-state index contributed by atoms with van der Waals surface area (Å²) in [7, 11) is 1.71. The number of fused-ring (bicyclic) bond motifs is 1. The van der Waals surface area contributed by atoms with E-state index in [4.69, 9.17) is 16.9 Å². The molecule has 0 aliphatic heterocycles. The molecule has 0 fully saturated rings. The number of benzene rings is 2. The summed E-state index contributed by atoms with van der Waals surface area (Å²) in [6.45, 7) is 0. The summed E-state index contributed by atoms with van der Waals surface area (Å²) in [6, 6.07) is 17.2. The molecule has 0 aliphatic rings. The zero-order valence-corrected chi connectivity index (χ0v) is 13.4. The Morgan fingerprint density at radius 2 is 1.83 bits per heavy atom. The molecule has 0 aliphatic carbocycles. The molecule has 2 aromatic carbocycles. The van der Waals surface area contributed by atoms with Gasteiger partial charge in [-0.05, 0) is 35.5 Å². The van der Waals surface area contributed by atoms with E-state index in [2.05, 4.69) is 21.5 Å². The van der Waals surface area contributed by atoms with Crippen LogP contribution in [0.1, 0.15) is 5.56 Å². The van der Waals surface area contributed by atoms with Gasteiger partial charge < -0.3 is 4.57 Å². The first-order valence-electron chi connectivity index (χ1n) is 7.23. The van der Waals surface area contributed by atoms with Gasteiger partial charge in [0.25, 0.3) is 0 Å². The van der Waals surface area contributed by atoms with Gasteiger partial charge in [-0.3, -0.25) is 0 Å². The number of aromatic nitrogens is 5. The second kappa shape index (κ2) is 5.48. The molecule has 4 aromatic rings. The van der Waals surface area contributed by atoms with Gasteiger partial charge in [-0.2, -0.15) is 10.1 Å². The number of nitriles is 1. The zero-order valence-electron chi connectivity index (χ0n) is 12.7. The van der Waals surface area contributed by atoms with E-state index in [1.165, 1.54) is 4.80 Å². The summed E-state index contributed by atoms with van der Waals surface area (Å²) < 4.78 is 1.98. The van der Waals surface area contributed by atoms with Gasteiger partial charge in [-0.15, -0.1) is 10.2 Å². The highest BCUT2D eigenvalue weighted by molar-refractivity contribution is 6.38. The molecule has 2 aromatic heterocycles. The van der Waals surface area contributed by atoms with E-state index in [0.29, 0.717) is 22.1 Å². The summed E-state index contributed by atoms with van der Waals surface area (Å²) in [5.41, 5.74) is 3.09. The Morgan fingerprint density at radius 3 is 2.50 bits per heavy atom. The lowest BCUT2D eigenvalue weighted by Crippen LogP contribution is -1.99.